The molecule has 7 heteroatoms. The molecule has 0 saturated heterocycles. The Bertz CT molecular complexity index is 846. The molecular weight excluding hydrogens is 348 g/mol. The number of nitriles is 2. The van der Waals surface area contributed by atoms with Crippen molar-refractivity contribution in [2.45, 2.75) is 27.3 Å². The van der Waals surface area contributed by atoms with Gasteiger partial charge in [0.15, 0.2) is 0 Å². The fourth-order valence-electron chi connectivity index (χ4n) is 2.73. The van der Waals surface area contributed by atoms with Gasteiger partial charge in [-0.3, -0.25) is 9.59 Å². The van der Waals surface area contributed by atoms with E-state index in [9.17, 15) is 20.1 Å². The molecule has 0 aromatic heterocycles. The highest BCUT2D eigenvalue weighted by Gasteiger charge is 2.44. The van der Waals surface area contributed by atoms with E-state index in [-0.39, 0.29) is 11.7 Å². The summed E-state index contributed by atoms with van der Waals surface area (Å²) in [6, 6.07) is 11.8. The summed E-state index contributed by atoms with van der Waals surface area (Å²) in [6.45, 7) is 5.78. The fourth-order valence-corrected chi connectivity index (χ4v) is 3.73. The first-order valence-corrected chi connectivity index (χ1v) is 9.09. The van der Waals surface area contributed by atoms with Gasteiger partial charge in [0.05, 0.1) is 28.5 Å². The molecule has 0 unspecified atom stereocenters. The number of benzene rings is 1. The number of carbonyl (C=O) groups is 2. The van der Waals surface area contributed by atoms with Crippen molar-refractivity contribution in [3.8, 4) is 12.1 Å². The van der Waals surface area contributed by atoms with Crippen LogP contribution in [0.5, 0.6) is 0 Å². The highest BCUT2D eigenvalue weighted by atomic mass is 32.2. The summed E-state index contributed by atoms with van der Waals surface area (Å²) >= 11 is 1.10. The Morgan fingerprint density at radius 2 is 2.04 bits per heavy atom. The van der Waals surface area contributed by atoms with Gasteiger partial charge in [0.2, 0.25) is 11.8 Å². The quantitative estimate of drug-likeness (QED) is 0.830. The number of rotatable bonds is 5. The van der Waals surface area contributed by atoms with Gasteiger partial charge < -0.3 is 10.6 Å². The van der Waals surface area contributed by atoms with Crippen LogP contribution in [0.4, 0.5) is 0 Å². The van der Waals surface area contributed by atoms with Gasteiger partial charge in [-0.05, 0) is 18.1 Å². The van der Waals surface area contributed by atoms with E-state index >= 15 is 0 Å². The SMILES string of the molecule is Cc1ccccc1CNC(=O)CSC1=C(C#N)C(C)(C)[C@H](C#N)C(=O)N1. The van der Waals surface area contributed by atoms with Crippen LogP contribution in [-0.4, -0.2) is 17.6 Å². The second-order valence-corrected chi connectivity index (χ2v) is 7.57. The third-order valence-corrected chi connectivity index (χ3v) is 5.42. The predicted octanol–water partition coefficient (Wildman–Crippen LogP) is 2.38. The number of hydrogen-bond donors (Lipinski definition) is 2. The lowest BCUT2D eigenvalue weighted by molar-refractivity contribution is -0.125. The van der Waals surface area contributed by atoms with E-state index in [1.165, 1.54) is 0 Å². The lowest BCUT2D eigenvalue weighted by Crippen LogP contribution is -2.44. The molecule has 0 fully saturated rings. The summed E-state index contributed by atoms with van der Waals surface area (Å²) in [5.74, 6) is -1.51. The molecule has 1 aliphatic heterocycles. The number of nitrogens with one attached hydrogen (secondary N) is 2. The summed E-state index contributed by atoms with van der Waals surface area (Å²) in [4.78, 5) is 24.2. The van der Waals surface area contributed by atoms with E-state index in [2.05, 4.69) is 16.7 Å². The molecule has 0 radical (unpaired) electrons. The maximum Gasteiger partial charge on any atom is 0.243 e. The first-order chi connectivity index (χ1) is 12.3. The number of hydrogen-bond acceptors (Lipinski definition) is 5. The van der Waals surface area contributed by atoms with Crippen molar-refractivity contribution >= 4 is 23.6 Å². The van der Waals surface area contributed by atoms with Crippen molar-refractivity contribution in [3.63, 3.8) is 0 Å². The molecule has 1 aliphatic rings. The molecule has 0 bridgehead atoms. The minimum absolute atomic E-state index is 0.0694. The molecule has 2 N–H and O–H groups in total. The predicted molar refractivity (Wildman–Crippen MR) is 99.1 cm³/mol. The average molecular weight is 368 g/mol. The molecule has 26 heavy (non-hydrogen) atoms. The second kappa shape index (κ2) is 8.07. The van der Waals surface area contributed by atoms with E-state index in [4.69, 9.17) is 0 Å². The van der Waals surface area contributed by atoms with Crippen LogP contribution < -0.4 is 10.6 Å². The highest BCUT2D eigenvalue weighted by Crippen LogP contribution is 2.41. The van der Waals surface area contributed by atoms with Crippen LogP contribution in [-0.2, 0) is 16.1 Å². The Balaban J connectivity index is 2.03. The topological polar surface area (TPSA) is 106 Å². The van der Waals surface area contributed by atoms with E-state index in [0.29, 0.717) is 17.1 Å². The van der Waals surface area contributed by atoms with Crippen molar-refractivity contribution in [1.29, 1.82) is 10.5 Å². The van der Waals surface area contributed by atoms with Crippen molar-refractivity contribution in [2.75, 3.05) is 5.75 Å². The van der Waals surface area contributed by atoms with Crippen LogP contribution in [0.25, 0.3) is 0 Å². The Morgan fingerprint density at radius 1 is 1.35 bits per heavy atom. The average Bonchev–Trinajstić information content (AvgIpc) is 2.58. The van der Waals surface area contributed by atoms with Crippen LogP contribution in [0.3, 0.4) is 0 Å². The van der Waals surface area contributed by atoms with Gasteiger partial charge in [-0.15, -0.1) is 0 Å². The fraction of sp³-hybridized carbons (Fsp3) is 0.368. The first kappa shape index (κ1) is 19.6. The monoisotopic (exact) mass is 368 g/mol. The maximum atomic E-state index is 12.1. The molecule has 2 amide bonds. The molecular formula is C19H20N4O2S. The first-order valence-electron chi connectivity index (χ1n) is 8.10. The zero-order valence-corrected chi connectivity index (χ0v) is 15.7. The summed E-state index contributed by atoms with van der Waals surface area (Å²) in [5, 5.41) is 24.4. The van der Waals surface area contributed by atoms with Crippen LogP contribution >= 0.6 is 11.8 Å². The normalized spacial score (nSPS) is 18.5. The van der Waals surface area contributed by atoms with Crippen LogP contribution in [0, 0.1) is 40.9 Å². The van der Waals surface area contributed by atoms with Gasteiger partial charge in [0, 0.05) is 12.0 Å². The molecule has 1 atom stereocenters. The number of amides is 2. The number of aryl methyl sites for hydroxylation is 1. The molecule has 1 aromatic rings. The third kappa shape index (κ3) is 4.07. The molecule has 0 spiro atoms. The highest BCUT2D eigenvalue weighted by molar-refractivity contribution is 8.03. The lowest BCUT2D eigenvalue weighted by Gasteiger charge is -2.34. The minimum Gasteiger partial charge on any atom is -0.351 e. The van der Waals surface area contributed by atoms with E-state index in [0.717, 1.165) is 22.9 Å². The number of thioether (sulfide) groups is 1. The molecule has 0 aliphatic carbocycles. The van der Waals surface area contributed by atoms with E-state index in [1.54, 1.807) is 13.8 Å². The summed E-state index contributed by atoms with van der Waals surface area (Å²) in [5.41, 5.74) is 1.55. The van der Waals surface area contributed by atoms with Gasteiger partial charge >= 0.3 is 0 Å². The van der Waals surface area contributed by atoms with Gasteiger partial charge in [-0.1, -0.05) is 49.9 Å². The van der Waals surface area contributed by atoms with Crippen LogP contribution in [0.2, 0.25) is 0 Å². The second-order valence-electron chi connectivity index (χ2n) is 6.58. The Morgan fingerprint density at radius 3 is 2.65 bits per heavy atom. The molecule has 1 heterocycles. The molecule has 134 valence electrons. The van der Waals surface area contributed by atoms with Gasteiger partial charge in [0.25, 0.3) is 0 Å². The smallest absolute Gasteiger partial charge is 0.243 e. The Labute approximate surface area is 157 Å². The molecule has 1 aromatic carbocycles. The van der Waals surface area contributed by atoms with Crippen molar-refractivity contribution < 1.29 is 9.59 Å². The van der Waals surface area contributed by atoms with E-state index in [1.807, 2.05) is 37.3 Å². The standard InChI is InChI=1S/C19H20N4O2S/c1-12-6-4-5-7-13(12)10-22-16(24)11-26-18-15(9-21)19(2,3)14(8-20)17(25)23-18/h4-7,14H,10-11H2,1-3H3,(H,22,24)(H,23,25)/t14-/m1/s1. The summed E-state index contributed by atoms with van der Waals surface area (Å²) < 4.78 is 0. The van der Waals surface area contributed by atoms with Gasteiger partial charge in [0.1, 0.15) is 5.92 Å². The summed E-state index contributed by atoms with van der Waals surface area (Å²) in [7, 11) is 0. The van der Waals surface area contributed by atoms with Gasteiger partial charge in [-0.2, -0.15) is 10.5 Å². The molecule has 2 rings (SSSR count). The Hall–Kier alpha value is -2.77. The van der Waals surface area contributed by atoms with Crippen molar-refractivity contribution in [3.05, 3.63) is 46.0 Å². The number of allylic oxidation sites excluding steroid dienone is 1. The van der Waals surface area contributed by atoms with Crippen molar-refractivity contribution in [1.82, 2.24) is 10.6 Å². The lowest BCUT2D eigenvalue weighted by atomic mass is 9.72. The van der Waals surface area contributed by atoms with Crippen LogP contribution in [0.15, 0.2) is 34.9 Å². The Kier molecular flexibility index (Phi) is 6.07. The summed E-state index contributed by atoms with van der Waals surface area (Å²) in [6.07, 6.45) is 0. The zero-order chi connectivity index (χ0) is 19.3. The zero-order valence-electron chi connectivity index (χ0n) is 14.9. The molecule has 6 nitrogen and oxygen atoms in total. The van der Waals surface area contributed by atoms with Crippen molar-refractivity contribution in [2.24, 2.45) is 11.3 Å². The largest absolute Gasteiger partial charge is 0.351 e. The number of carbonyl (C=O) groups excluding carboxylic acids is 2. The minimum atomic E-state index is -0.934. The number of nitrogens with zero attached hydrogens (tertiary/aromatic N) is 2. The maximum absolute atomic E-state index is 12.1. The third-order valence-electron chi connectivity index (χ3n) is 4.42. The van der Waals surface area contributed by atoms with Crippen LogP contribution in [0.1, 0.15) is 25.0 Å². The van der Waals surface area contributed by atoms with E-state index < -0.39 is 17.2 Å². The molecule has 0 saturated carbocycles. The van der Waals surface area contributed by atoms with Gasteiger partial charge in [-0.25, -0.2) is 0 Å².